The van der Waals surface area contributed by atoms with Crippen LogP contribution in [0.25, 0.3) is 0 Å². The van der Waals surface area contributed by atoms with E-state index in [4.69, 9.17) is 4.74 Å². The number of carbonyl (C=O) groups is 1. The quantitative estimate of drug-likeness (QED) is 0.0913. The molecule has 0 amide bonds. The number of unbranched alkanes of at least 4 members (excludes halogenated alkanes) is 15. The number of esters is 1. The SMILES string of the molecule is C=C(C)C(=O)OCCCCC[N+](C)(C)CCCCCCCCCCCCCCCC.[Br-]. The Morgan fingerprint density at radius 1 is 0.677 bits per heavy atom. The molecule has 0 unspecified atom stereocenters. The molecule has 3 nitrogen and oxygen atoms in total. The van der Waals surface area contributed by atoms with E-state index in [1.165, 1.54) is 109 Å². The van der Waals surface area contributed by atoms with Gasteiger partial charge in [0.15, 0.2) is 0 Å². The molecule has 0 radical (unpaired) electrons. The maximum absolute atomic E-state index is 11.3. The zero-order valence-corrected chi connectivity index (χ0v) is 23.1. The highest BCUT2D eigenvalue weighted by Crippen LogP contribution is 2.14. The molecule has 0 saturated carbocycles. The number of ether oxygens (including phenoxy) is 1. The summed E-state index contributed by atoms with van der Waals surface area (Å²) in [5, 5.41) is 0. The maximum Gasteiger partial charge on any atom is 0.333 e. The molecule has 0 aliphatic heterocycles. The van der Waals surface area contributed by atoms with Gasteiger partial charge in [-0.3, -0.25) is 0 Å². The summed E-state index contributed by atoms with van der Waals surface area (Å²) in [6, 6.07) is 0. The molecule has 0 atom stereocenters. The fourth-order valence-electron chi connectivity index (χ4n) is 3.95. The van der Waals surface area contributed by atoms with E-state index in [-0.39, 0.29) is 23.0 Å². The molecule has 0 N–H and O–H groups in total. The predicted molar refractivity (Wildman–Crippen MR) is 132 cm³/mol. The van der Waals surface area contributed by atoms with E-state index < -0.39 is 0 Å². The van der Waals surface area contributed by atoms with Gasteiger partial charge >= 0.3 is 5.97 Å². The molecule has 31 heavy (non-hydrogen) atoms. The molecule has 0 aliphatic rings. The third-order valence-corrected chi connectivity index (χ3v) is 6.11. The van der Waals surface area contributed by atoms with E-state index in [0.29, 0.717) is 12.2 Å². The zero-order chi connectivity index (χ0) is 22.5. The second kappa shape index (κ2) is 22.8. The van der Waals surface area contributed by atoms with Crippen molar-refractivity contribution in [3.8, 4) is 0 Å². The van der Waals surface area contributed by atoms with E-state index >= 15 is 0 Å². The number of rotatable bonds is 22. The zero-order valence-electron chi connectivity index (χ0n) is 21.5. The Morgan fingerprint density at radius 2 is 1.03 bits per heavy atom. The van der Waals surface area contributed by atoms with Gasteiger partial charge in [0.25, 0.3) is 0 Å². The molecule has 0 aliphatic carbocycles. The average molecular weight is 505 g/mol. The van der Waals surface area contributed by atoms with Gasteiger partial charge < -0.3 is 26.2 Å². The number of carbonyl (C=O) groups excluding carboxylic acids is 1. The lowest BCUT2D eigenvalue weighted by Gasteiger charge is -2.30. The van der Waals surface area contributed by atoms with Crippen LogP contribution in [-0.2, 0) is 9.53 Å². The van der Waals surface area contributed by atoms with Crippen molar-refractivity contribution >= 4 is 5.97 Å². The molecule has 0 heterocycles. The molecule has 186 valence electrons. The van der Waals surface area contributed by atoms with E-state index in [0.717, 1.165) is 17.3 Å². The summed E-state index contributed by atoms with van der Waals surface area (Å²) in [6.07, 6.45) is 23.2. The first kappa shape index (κ1) is 32.8. The fourth-order valence-corrected chi connectivity index (χ4v) is 3.95. The van der Waals surface area contributed by atoms with Gasteiger partial charge in [-0.1, -0.05) is 90.6 Å². The smallest absolute Gasteiger partial charge is 0.333 e. The molecule has 0 spiro atoms. The summed E-state index contributed by atoms with van der Waals surface area (Å²) in [7, 11) is 4.70. The first-order valence-electron chi connectivity index (χ1n) is 13.0. The second-order valence-corrected chi connectivity index (χ2v) is 9.96. The number of nitrogens with zero attached hydrogens (tertiary/aromatic N) is 1. The van der Waals surface area contributed by atoms with E-state index in [2.05, 4.69) is 27.6 Å². The van der Waals surface area contributed by atoms with Crippen LogP contribution in [0.2, 0.25) is 0 Å². The van der Waals surface area contributed by atoms with E-state index in [1.807, 2.05) is 0 Å². The molecular weight excluding hydrogens is 450 g/mol. The minimum atomic E-state index is -0.260. The van der Waals surface area contributed by atoms with Crippen molar-refractivity contribution in [3.05, 3.63) is 12.2 Å². The van der Waals surface area contributed by atoms with Crippen molar-refractivity contribution in [1.82, 2.24) is 0 Å². The predicted octanol–water partition coefficient (Wildman–Crippen LogP) is 4.84. The molecule has 0 saturated heterocycles. The van der Waals surface area contributed by atoms with E-state index in [1.54, 1.807) is 6.92 Å². The first-order valence-corrected chi connectivity index (χ1v) is 13.0. The number of hydrogen-bond acceptors (Lipinski definition) is 2. The lowest BCUT2D eigenvalue weighted by molar-refractivity contribution is -0.890. The topological polar surface area (TPSA) is 26.3 Å². The van der Waals surface area contributed by atoms with Crippen LogP contribution < -0.4 is 17.0 Å². The summed E-state index contributed by atoms with van der Waals surface area (Å²) < 4.78 is 6.26. The monoisotopic (exact) mass is 503 g/mol. The Bertz CT molecular complexity index is 423. The standard InChI is InChI=1S/C27H54NO2.BrH/c1-6-7-8-9-10-11-12-13-14-15-16-17-18-20-23-28(4,5)24-21-19-22-25-30-27(29)26(2)3;/h2,6-25H2,1,3-5H3;1H/q+1;/p-1. The number of quaternary nitrogens is 1. The highest BCUT2D eigenvalue weighted by Gasteiger charge is 2.13. The van der Waals surface area contributed by atoms with Crippen molar-refractivity contribution < 1.29 is 31.0 Å². The van der Waals surface area contributed by atoms with Crippen LogP contribution in [0.4, 0.5) is 0 Å². The lowest BCUT2D eigenvalue weighted by atomic mass is 10.0. The van der Waals surface area contributed by atoms with Gasteiger partial charge in [-0.2, -0.15) is 0 Å². The molecule has 0 aromatic carbocycles. The van der Waals surface area contributed by atoms with Gasteiger partial charge in [0, 0.05) is 5.57 Å². The minimum Gasteiger partial charge on any atom is -1.00 e. The summed E-state index contributed by atoms with van der Waals surface area (Å²) >= 11 is 0. The summed E-state index contributed by atoms with van der Waals surface area (Å²) in [5.41, 5.74) is 0.487. The third-order valence-electron chi connectivity index (χ3n) is 6.11. The molecule has 0 aromatic rings. The van der Waals surface area contributed by atoms with Crippen LogP contribution >= 0.6 is 0 Å². The average Bonchev–Trinajstić information content (AvgIpc) is 2.70. The highest BCUT2D eigenvalue weighted by atomic mass is 79.9. The van der Waals surface area contributed by atoms with Gasteiger partial charge in [-0.25, -0.2) is 4.79 Å². The van der Waals surface area contributed by atoms with E-state index in [9.17, 15) is 4.79 Å². The summed E-state index contributed by atoms with van der Waals surface area (Å²) in [6.45, 7) is 10.6. The normalized spacial score (nSPS) is 11.2. The van der Waals surface area contributed by atoms with Crippen molar-refractivity contribution in [1.29, 1.82) is 0 Å². The lowest BCUT2D eigenvalue weighted by Crippen LogP contribution is -3.00. The fraction of sp³-hybridized carbons (Fsp3) is 0.889. The van der Waals surface area contributed by atoms with Gasteiger partial charge in [0.1, 0.15) is 0 Å². The van der Waals surface area contributed by atoms with Crippen LogP contribution in [0.1, 0.15) is 123 Å². The van der Waals surface area contributed by atoms with Gasteiger partial charge in [-0.05, 0) is 39.0 Å². The molecule has 0 rings (SSSR count). The van der Waals surface area contributed by atoms with Crippen molar-refractivity contribution in [3.63, 3.8) is 0 Å². The van der Waals surface area contributed by atoms with Crippen LogP contribution in [0.3, 0.4) is 0 Å². The van der Waals surface area contributed by atoms with Gasteiger partial charge in [0.2, 0.25) is 0 Å². The van der Waals surface area contributed by atoms with Crippen LogP contribution in [-0.4, -0.2) is 44.2 Å². The Balaban J connectivity index is 0. The van der Waals surface area contributed by atoms with Crippen LogP contribution in [0, 0.1) is 0 Å². The third kappa shape index (κ3) is 24.1. The van der Waals surface area contributed by atoms with Gasteiger partial charge in [-0.15, -0.1) is 0 Å². The number of hydrogen-bond donors (Lipinski definition) is 0. The Labute approximate surface area is 205 Å². The molecule has 0 fully saturated rings. The summed E-state index contributed by atoms with van der Waals surface area (Å²) in [5.74, 6) is -0.260. The summed E-state index contributed by atoms with van der Waals surface area (Å²) in [4.78, 5) is 11.3. The van der Waals surface area contributed by atoms with Gasteiger partial charge in [0.05, 0.1) is 33.8 Å². The largest absolute Gasteiger partial charge is 1.00 e. The maximum atomic E-state index is 11.3. The van der Waals surface area contributed by atoms with Crippen LogP contribution in [0.5, 0.6) is 0 Å². The first-order chi connectivity index (χ1) is 14.4. The Morgan fingerprint density at radius 3 is 1.42 bits per heavy atom. The molecule has 0 bridgehead atoms. The second-order valence-electron chi connectivity index (χ2n) is 9.96. The Hall–Kier alpha value is -0.350. The van der Waals surface area contributed by atoms with Crippen molar-refractivity contribution in [2.45, 2.75) is 123 Å². The highest BCUT2D eigenvalue weighted by molar-refractivity contribution is 5.86. The van der Waals surface area contributed by atoms with Crippen molar-refractivity contribution in [2.24, 2.45) is 0 Å². The molecular formula is C27H54BrNO2. The van der Waals surface area contributed by atoms with Crippen LogP contribution in [0.15, 0.2) is 12.2 Å². The number of halogens is 1. The molecule has 4 heteroatoms. The Kier molecular flexibility index (Phi) is 24.2. The minimum absolute atomic E-state index is 0. The van der Waals surface area contributed by atoms with Crippen molar-refractivity contribution in [2.75, 3.05) is 33.8 Å². The molecule has 0 aromatic heterocycles.